The molecular weight excluding hydrogens is 316 g/mol. The summed E-state index contributed by atoms with van der Waals surface area (Å²) in [5.74, 6) is 0. The third kappa shape index (κ3) is 6.32. The molecule has 0 amide bonds. The number of rotatable bonds is 4. The molecule has 0 unspecified atom stereocenters. The van der Waals surface area contributed by atoms with E-state index in [0.717, 1.165) is 11.1 Å². The van der Waals surface area contributed by atoms with E-state index in [0.29, 0.717) is 0 Å². The van der Waals surface area contributed by atoms with Crippen LogP contribution in [0.1, 0.15) is 52.7 Å². The van der Waals surface area contributed by atoms with Crippen LogP contribution in [0.25, 0.3) is 0 Å². The Morgan fingerprint density at radius 3 is 1.50 bits per heavy atom. The van der Waals surface area contributed by atoms with E-state index < -0.39 is 22.0 Å². The first-order valence-electron chi connectivity index (χ1n) is 7.02. The van der Waals surface area contributed by atoms with Crippen LogP contribution in [0.4, 0.5) is 0 Å². The molecule has 0 aliphatic carbocycles. The summed E-state index contributed by atoms with van der Waals surface area (Å²) in [4.78, 5) is 0. The lowest BCUT2D eigenvalue weighted by molar-refractivity contribution is 0.650. The third-order valence-electron chi connectivity index (χ3n) is 2.55. The van der Waals surface area contributed by atoms with Gasteiger partial charge < -0.3 is 0 Å². The van der Waals surface area contributed by atoms with E-state index >= 15 is 0 Å². The third-order valence-corrected chi connectivity index (χ3v) is 5.24. The summed E-state index contributed by atoms with van der Waals surface area (Å²) in [5, 5.41) is 0. The van der Waals surface area contributed by atoms with Gasteiger partial charge in [-0.25, -0.2) is 8.42 Å². The molecule has 1 aromatic carbocycles. The van der Waals surface area contributed by atoms with Crippen molar-refractivity contribution in [3.8, 4) is 0 Å². The lowest BCUT2D eigenvalue weighted by Gasteiger charge is -2.13. The molecular formula is C16H24N2O2S2. The van der Waals surface area contributed by atoms with E-state index in [1.54, 1.807) is 12.4 Å². The number of nitrogens with zero attached hydrogens (tertiary/aromatic N) is 2. The van der Waals surface area contributed by atoms with Crippen molar-refractivity contribution in [3.63, 3.8) is 0 Å². The van der Waals surface area contributed by atoms with Crippen molar-refractivity contribution in [1.82, 2.24) is 0 Å². The van der Waals surface area contributed by atoms with Crippen LogP contribution < -0.4 is 0 Å². The molecule has 0 saturated heterocycles. The maximum Gasteiger partial charge on any atom is 0.144 e. The standard InChI is InChI=1S/C16H24N2O2S2/c1-15(2,3)21(19)17-11-13-8-7-9-14(10-13)12-18-22(20)16(4,5)6/h7-12H,1-6H3/b17-11+,18-12+/t21-,22-/m1/s1. The second kappa shape index (κ2) is 7.42. The highest BCUT2D eigenvalue weighted by atomic mass is 32.2. The zero-order valence-electron chi connectivity index (χ0n) is 14.0. The van der Waals surface area contributed by atoms with Crippen molar-refractivity contribution in [2.45, 2.75) is 51.0 Å². The minimum Gasteiger partial charge on any atom is -0.234 e. The molecule has 0 aliphatic heterocycles. The van der Waals surface area contributed by atoms with Gasteiger partial charge >= 0.3 is 0 Å². The summed E-state index contributed by atoms with van der Waals surface area (Å²) in [7, 11) is -2.56. The highest BCUT2D eigenvalue weighted by molar-refractivity contribution is 7.85. The summed E-state index contributed by atoms with van der Waals surface area (Å²) in [6.07, 6.45) is 3.19. The first kappa shape index (κ1) is 18.9. The molecule has 0 saturated carbocycles. The van der Waals surface area contributed by atoms with Crippen LogP contribution >= 0.6 is 0 Å². The molecule has 0 spiro atoms. The number of hydrogen-bond acceptors (Lipinski definition) is 2. The molecule has 0 aromatic heterocycles. The van der Waals surface area contributed by atoms with Crippen LogP contribution in [0.3, 0.4) is 0 Å². The van der Waals surface area contributed by atoms with Gasteiger partial charge in [-0.05, 0) is 58.7 Å². The van der Waals surface area contributed by atoms with E-state index in [1.807, 2.05) is 65.8 Å². The van der Waals surface area contributed by atoms with E-state index in [4.69, 9.17) is 0 Å². The Labute approximate surface area is 138 Å². The van der Waals surface area contributed by atoms with Gasteiger partial charge in [0.25, 0.3) is 0 Å². The summed E-state index contributed by atoms with van der Waals surface area (Å²) in [6.45, 7) is 11.3. The Balaban J connectivity index is 2.88. The second-order valence-corrected chi connectivity index (χ2v) is 10.7. The predicted octanol–water partition coefficient (Wildman–Crippen LogP) is 3.45. The topological polar surface area (TPSA) is 58.9 Å². The summed E-state index contributed by atoms with van der Waals surface area (Å²) < 4.78 is 31.2. The molecule has 1 aromatic rings. The Kier molecular flexibility index (Phi) is 6.38. The molecule has 0 fully saturated rings. The van der Waals surface area contributed by atoms with E-state index in [2.05, 4.69) is 8.80 Å². The van der Waals surface area contributed by atoms with Gasteiger partial charge in [0.2, 0.25) is 0 Å². The molecule has 0 bridgehead atoms. The van der Waals surface area contributed by atoms with Gasteiger partial charge in [0.05, 0.1) is 9.49 Å². The number of benzene rings is 1. The van der Waals surface area contributed by atoms with E-state index in [-0.39, 0.29) is 9.49 Å². The predicted molar refractivity (Wildman–Crippen MR) is 97.4 cm³/mol. The summed E-state index contributed by atoms with van der Waals surface area (Å²) in [6, 6.07) is 7.48. The Hall–Kier alpha value is -1.14. The Morgan fingerprint density at radius 2 is 1.18 bits per heavy atom. The molecule has 6 heteroatoms. The molecule has 4 nitrogen and oxygen atoms in total. The molecule has 1 rings (SSSR count). The second-order valence-electron chi connectivity index (χ2n) is 6.86. The largest absolute Gasteiger partial charge is 0.234 e. The average Bonchev–Trinajstić information content (AvgIpc) is 2.40. The van der Waals surface area contributed by atoms with Gasteiger partial charge in [-0.1, -0.05) is 18.2 Å². The monoisotopic (exact) mass is 340 g/mol. The molecule has 0 N–H and O–H groups in total. The summed E-state index contributed by atoms with van der Waals surface area (Å²) in [5.41, 5.74) is 1.67. The van der Waals surface area contributed by atoms with Crippen LogP contribution in [0, 0.1) is 0 Å². The van der Waals surface area contributed by atoms with Gasteiger partial charge in [-0.15, -0.1) is 0 Å². The zero-order valence-corrected chi connectivity index (χ0v) is 15.6. The molecule has 2 atom stereocenters. The van der Waals surface area contributed by atoms with Crippen molar-refractivity contribution in [2.24, 2.45) is 8.80 Å². The lowest BCUT2D eigenvalue weighted by atomic mass is 10.1. The van der Waals surface area contributed by atoms with Gasteiger partial charge in [0.15, 0.2) is 0 Å². The van der Waals surface area contributed by atoms with Crippen molar-refractivity contribution in [1.29, 1.82) is 0 Å². The Morgan fingerprint density at radius 1 is 0.818 bits per heavy atom. The fourth-order valence-electron chi connectivity index (χ4n) is 1.25. The first-order valence-corrected chi connectivity index (χ1v) is 9.24. The lowest BCUT2D eigenvalue weighted by Crippen LogP contribution is -2.19. The van der Waals surface area contributed by atoms with Crippen LogP contribution in [-0.4, -0.2) is 30.3 Å². The zero-order chi connectivity index (χ0) is 17.0. The minimum absolute atomic E-state index is 0.376. The van der Waals surface area contributed by atoms with Crippen LogP contribution in [0.5, 0.6) is 0 Å². The van der Waals surface area contributed by atoms with Crippen molar-refractivity contribution in [2.75, 3.05) is 0 Å². The van der Waals surface area contributed by atoms with Crippen molar-refractivity contribution in [3.05, 3.63) is 35.4 Å². The fourth-order valence-corrected chi connectivity index (χ4v) is 2.32. The highest BCUT2D eigenvalue weighted by Gasteiger charge is 2.18. The van der Waals surface area contributed by atoms with Crippen molar-refractivity contribution < 1.29 is 8.42 Å². The quantitative estimate of drug-likeness (QED) is 0.788. The van der Waals surface area contributed by atoms with Gasteiger partial charge in [0, 0.05) is 12.4 Å². The first-order chi connectivity index (χ1) is 10.00. The molecule has 0 aliphatic rings. The Bertz CT molecular complexity index is 573. The van der Waals surface area contributed by atoms with Crippen LogP contribution in [0.2, 0.25) is 0 Å². The maximum atomic E-state index is 11.9. The minimum atomic E-state index is -1.28. The highest BCUT2D eigenvalue weighted by Crippen LogP contribution is 2.13. The van der Waals surface area contributed by atoms with Crippen LogP contribution in [0.15, 0.2) is 33.1 Å². The average molecular weight is 341 g/mol. The van der Waals surface area contributed by atoms with Gasteiger partial charge in [-0.3, -0.25) is 0 Å². The van der Waals surface area contributed by atoms with Gasteiger partial charge in [-0.2, -0.15) is 8.80 Å². The molecule has 0 heterocycles. The summed E-state index contributed by atoms with van der Waals surface area (Å²) >= 11 is 0. The van der Waals surface area contributed by atoms with E-state index in [9.17, 15) is 8.42 Å². The fraction of sp³-hybridized carbons (Fsp3) is 0.500. The SMILES string of the molecule is CC(C)(C)[S@@](=O)/N=C/c1cccc(/C=N/[S@](=O)C(C)(C)C)c1. The van der Waals surface area contributed by atoms with E-state index in [1.165, 1.54) is 0 Å². The van der Waals surface area contributed by atoms with Gasteiger partial charge in [0.1, 0.15) is 22.0 Å². The van der Waals surface area contributed by atoms with Crippen molar-refractivity contribution >= 4 is 34.4 Å². The van der Waals surface area contributed by atoms with Crippen LogP contribution in [-0.2, 0) is 22.0 Å². The normalized spacial score (nSPS) is 16.3. The molecule has 0 radical (unpaired) electrons. The smallest absolute Gasteiger partial charge is 0.144 e. The molecule has 122 valence electrons. The molecule has 22 heavy (non-hydrogen) atoms. The maximum absolute atomic E-state index is 11.9. The number of hydrogen-bond donors (Lipinski definition) is 0.